The average molecular weight is 509 g/mol. The van der Waals surface area contributed by atoms with E-state index in [1.807, 2.05) is 24.3 Å². The maximum atomic E-state index is 12.4. The molecule has 0 unspecified atom stereocenters. The number of hydrogen-bond donors (Lipinski definition) is 1. The van der Waals surface area contributed by atoms with Crippen molar-refractivity contribution in [2.45, 2.75) is 11.4 Å². The van der Waals surface area contributed by atoms with Crippen molar-refractivity contribution in [3.05, 3.63) is 94.0 Å². The number of nitrogens with zero attached hydrogens (tertiary/aromatic N) is 1. The lowest BCUT2D eigenvalue weighted by atomic mass is 10.1. The summed E-state index contributed by atoms with van der Waals surface area (Å²) in [7, 11) is -3.51. The summed E-state index contributed by atoms with van der Waals surface area (Å²) in [4.78, 5) is 13.5. The number of thioether (sulfide) groups is 1. The fourth-order valence-corrected chi connectivity index (χ4v) is 4.88. The van der Waals surface area contributed by atoms with E-state index in [4.69, 9.17) is 23.2 Å². The molecule has 3 rings (SSSR count). The second-order valence-electron chi connectivity index (χ2n) is 7.00. The number of rotatable bonds is 9. The first-order valence-electron chi connectivity index (χ1n) is 9.71. The van der Waals surface area contributed by atoms with Crippen molar-refractivity contribution in [2.75, 3.05) is 22.9 Å². The van der Waals surface area contributed by atoms with Crippen LogP contribution in [0, 0.1) is 0 Å². The van der Waals surface area contributed by atoms with E-state index in [-0.39, 0.29) is 12.5 Å². The molecule has 32 heavy (non-hydrogen) atoms. The minimum absolute atomic E-state index is 0.138. The van der Waals surface area contributed by atoms with E-state index in [9.17, 15) is 13.2 Å². The van der Waals surface area contributed by atoms with Gasteiger partial charge in [-0.2, -0.15) is 0 Å². The van der Waals surface area contributed by atoms with Gasteiger partial charge in [-0.3, -0.25) is 9.10 Å². The third kappa shape index (κ3) is 7.17. The van der Waals surface area contributed by atoms with Crippen LogP contribution in [0.4, 0.5) is 5.69 Å². The highest BCUT2D eigenvalue weighted by molar-refractivity contribution is 7.99. The van der Waals surface area contributed by atoms with Crippen LogP contribution in [0.1, 0.15) is 15.9 Å². The lowest BCUT2D eigenvalue weighted by molar-refractivity contribution is 0.0956. The molecule has 0 heterocycles. The first kappa shape index (κ1) is 24.5. The zero-order valence-corrected chi connectivity index (χ0v) is 20.4. The second-order valence-corrected chi connectivity index (χ2v) is 11.0. The van der Waals surface area contributed by atoms with E-state index in [0.717, 1.165) is 22.5 Å². The Balaban J connectivity index is 1.57. The summed E-state index contributed by atoms with van der Waals surface area (Å²) in [5.41, 5.74) is 1.75. The van der Waals surface area contributed by atoms with Gasteiger partial charge in [0, 0.05) is 32.8 Å². The summed E-state index contributed by atoms with van der Waals surface area (Å²) in [6.45, 7) is 0.656. The molecule has 3 aromatic carbocycles. The van der Waals surface area contributed by atoms with Gasteiger partial charge in [0.1, 0.15) is 0 Å². The third-order valence-corrected chi connectivity index (χ3v) is 7.15. The van der Waals surface area contributed by atoms with Crippen LogP contribution < -0.4 is 9.62 Å². The Morgan fingerprint density at radius 1 is 0.969 bits per heavy atom. The van der Waals surface area contributed by atoms with E-state index in [1.54, 1.807) is 60.3 Å². The molecule has 0 aliphatic carbocycles. The van der Waals surface area contributed by atoms with Crippen molar-refractivity contribution in [3.63, 3.8) is 0 Å². The number of sulfonamides is 1. The van der Waals surface area contributed by atoms with Crippen LogP contribution in [0.5, 0.6) is 0 Å². The van der Waals surface area contributed by atoms with Gasteiger partial charge in [0.25, 0.3) is 5.91 Å². The lowest BCUT2D eigenvalue weighted by Gasteiger charge is -2.22. The van der Waals surface area contributed by atoms with Crippen molar-refractivity contribution < 1.29 is 13.2 Å². The minimum Gasteiger partial charge on any atom is -0.351 e. The summed E-state index contributed by atoms with van der Waals surface area (Å²) >= 11 is 13.5. The van der Waals surface area contributed by atoms with E-state index in [0.29, 0.717) is 27.8 Å². The van der Waals surface area contributed by atoms with Crippen LogP contribution in [0.3, 0.4) is 0 Å². The maximum absolute atomic E-state index is 12.4. The number of anilines is 1. The standard InChI is InChI=1S/C23H22Cl2N2O3S2/c1-32(29,30)27(21-4-2-3-20(25)15-21)16-17-5-7-18(8-6-17)23(28)26-13-14-31-22-11-9-19(24)10-12-22/h2-12,15H,13-14,16H2,1H3,(H,26,28). The van der Waals surface area contributed by atoms with Gasteiger partial charge in [-0.25, -0.2) is 8.42 Å². The van der Waals surface area contributed by atoms with E-state index < -0.39 is 10.0 Å². The monoisotopic (exact) mass is 508 g/mol. The molecule has 0 aliphatic rings. The van der Waals surface area contributed by atoms with Crippen LogP contribution >= 0.6 is 35.0 Å². The fraction of sp³-hybridized carbons (Fsp3) is 0.174. The molecule has 0 fully saturated rings. The Morgan fingerprint density at radius 3 is 2.28 bits per heavy atom. The zero-order chi connectivity index (χ0) is 23.1. The number of halogens is 2. The summed E-state index contributed by atoms with van der Waals surface area (Å²) < 4.78 is 25.9. The quantitative estimate of drug-likeness (QED) is 0.306. The predicted octanol–water partition coefficient (Wildman–Crippen LogP) is 5.48. The fourth-order valence-electron chi connectivity index (χ4n) is 2.92. The summed E-state index contributed by atoms with van der Waals surface area (Å²) in [5.74, 6) is 0.553. The molecule has 1 amide bonds. The van der Waals surface area contributed by atoms with Crippen molar-refractivity contribution in [2.24, 2.45) is 0 Å². The highest BCUT2D eigenvalue weighted by Crippen LogP contribution is 2.24. The molecule has 1 N–H and O–H groups in total. The van der Waals surface area contributed by atoms with E-state index >= 15 is 0 Å². The Labute approximate surface area is 202 Å². The molecule has 0 radical (unpaired) electrons. The topological polar surface area (TPSA) is 66.5 Å². The van der Waals surface area contributed by atoms with Gasteiger partial charge in [0.15, 0.2) is 0 Å². The highest BCUT2D eigenvalue weighted by Gasteiger charge is 2.18. The van der Waals surface area contributed by atoms with Crippen LogP contribution in [0.15, 0.2) is 77.7 Å². The van der Waals surface area contributed by atoms with Gasteiger partial charge in [0.2, 0.25) is 10.0 Å². The van der Waals surface area contributed by atoms with Gasteiger partial charge < -0.3 is 5.32 Å². The Hall–Kier alpha value is -2.19. The molecule has 0 aromatic heterocycles. The van der Waals surface area contributed by atoms with Crippen molar-refractivity contribution in [3.8, 4) is 0 Å². The van der Waals surface area contributed by atoms with Gasteiger partial charge >= 0.3 is 0 Å². The highest BCUT2D eigenvalue weighted by atomic mass is 35.5. The van der Waals surface area contributed by atoms with Crippen molar-refractivity contribution in [1.82, 2.24) is 5.32 Å². The molecular formula is C23H22Cl2N2O3S2. The normalized spacial score (nSPS) is 11.2. The van der Waals surface area contributed by atoms with Crippen LogP contribution in [-0.4, -0.2) is 32.9 Å². The molecule has 0 saturated heterocycles. The summed E-state index contributed by atoms with van der Waals surface area (Å²) in [6, 6.07) is 21.1. The first-order chi connectivity index (χ1) is 15.2. The molecule has 0 atom stereocenters. The zero-order valence-electron chi connectivity index (χ0n) is 17.3. The third-order valence-electron chi connectivity index (χ3n) is 4.51. The van der Waals surface area contributed by atoms with Crippen molar-refractivity contribution >= 4 is 56.6 Å². The molecule has 168 valence electrons. The minimum atomic E-state index is -3.51. The average Bonchev–Trinajstić information content (AvgIpc) is 2.76. The SMILES string of the molecule is CS(=O)(=O)N(Cc1ccc(C(=O)NCCSc2ccc(Cl)cc2)cc1)c1cccc(Cl)c1. The van der Waals surface area contributed by atoms with E-state index in [1.165, 1.54) is 4.31 Å². The van der Waals surface area contributed by atoms with Gasteiger partial charge in [0.05, 0.1) is 18.5 Å². The number of amides is 1. The van der Waals surface area contributed by atoms with Crippen LogP contribution in [0.25, 0.3) is 0 Å². The number of nitrogens with one attached hydrogen (secondary N) is 1. The Morgan fingerprint density at radius 2 is 1.66 bits per heavy atom. The Bertz CT molecular complexity index is 1170. The van der Waals surface area contributed by atoms with Crippen LogP contribution in [-0.2, 0) is 16.6 Å². The molecule has 0 spiro atoms. The number of hydrogen-bond acceptors (Lipinski definition) is 4. The molecule has 5 nitrogen and oxygen atoms in total. The van der Waals surface area contributed by atoms with Gasteiger partial charge in [-0.15, -0.1) is 11.8 Å². The molecular weight excluding hydrogens is 487 g/mol. The maximum Gasteiger partial charge on any atom is 0.251 e. The predicted molar refractivity (Wildman–Crippen MR) is 133 cm³/mol. The lowest BCUT2D eigenvalue weighted by Crippen LogP contribution is -2.29. The summed E-state index contributed by atoms with van der Waals surface area (Å²) in [6.07, 6.45) is 1.15. The number of benzene rings is 3. The number of carbonyl (C=O) groups excluding carboxylic acids is 1. The number of carbonyl (C=O) groups is 1. The molecule has 0 saturated carbocycles. The molecule has 3 aromatic rings. The first-order valence-corrected chi connectivity index (χ1v) is 13.3. The van der Waals surface area contributed by atoms with Gasteiger partial charge in [-0.1, -0.05) is 41.4 Å². The van der Waals surface area contributed by atoms with E-state index in [2.05, 4.69) is 5.32 Å². The molecule has 0 aliphatic heterocycles. The van der Waals surface area contributed by atoms with Crippen LogP contribution in [0.2, 0.25) is 10.0 Å². The second kappa shape index (κ2) is 11.1. The van der Waals surface area contributed by atoms with Crippen molar-refractivity contribution in [1.29, 1.82) is 0 Å². The Kier molecular flexibility index (Phi) is 8.48. The van der Waals surface area contributed by atoms with Gasteiger partial charge in [-0.05, 0) is 60.2 Å². The largest absolute Gasteiger partial charge is 0.351 e. The molecule has 9 heteroatoms. The molecule has 0 bridgehead atoms. The summed E-state index contributed by atoms with van der Waals surface area (Å²) in [5, 5.41) is 4.04. The smallest absolute Gasteiger partial charge is 0.251 e.